The summed E-state index contributed by atoms with van der Waals surface area (Å²) in [6.07, 6.45) is 13.6. The third kappa shape index (κ3) is 7.82. The second-order valence-electron chi connectivity index (χ2n) is 12.0. The number of rotatable bonds is 13. The van der Waals surface area contributed by atoms with Crippen LogP contribution in [0.5, 0.6) is 5.75 Å². The smallest absolute Gasteiger partial charge is 0.249 e. The molecule has 2 aromatic heterocycles. The van der Waals surface area contributed by atoms with E-state index in [1.54, 1.807) is 0 Å². The van der Waals surface area contributed by atoms with E-state index in [0.29, 0.717) is 18.8 Å². The van der Waals surface area contributed by atoms with Gasteiger partial charge in [0.25, 0.3) is 0 Å². The van der Waals surface area contributed by atoms with E-state index in [-0.39, 0.29) is 24.0 Å². The van der Waals surface area contributed by atoms with Gasteiger partial charge in [-0.25, -0.2) is 4.98 Å². The number of likely N-dealkylation sites (tertiary alicyclic amines) is 1. The molecule has 0 aliphatic carbocycles. The number of nitrogens with zero attached hydrogens (tertiary/aromatic N) is 3. The Morgan fingerprint density at radius 3 is 2.50 bits per heavy atom. The van der Waals surface area contributed by atoms with E-state index in [9.17, 15) is 9.59 Å². The maximum atomic E-state index is 12.0. The molecule has 1 atom stereocenters. The number of carbonyl (C=O) groups is 2. The molecule has 4 heterocycles. The number of imide groups is 1. The summed E-state index contributed by atoms with van der Waals surface area (Å²) in [6, 6.07) is 10.1. The Morgan fingerprint density at radius 2 is 1.79 bits per heavy atom. The summed E-state index contributed by atoms with van der Waals surface area (Å²) in [5, 5.41) is 8.88. The van der Waals surface area contributed by atoms with Gasteiger partial charge in [-0.05, 0) is 89.7 Å². The van der Waals surface area contributed by atoms with Crippen molar-refractivity contribution in [3.63, 3.8) is 0 Å². The molecule has 5 rings (SSSR count). The number of pyridine rings is 1. The van der Waals surface area contributed by atoms with E-state index in [4.69, 9.17) is 9.72 Å². The number of nitrogens with one attached hydrogen (secondary N) is 3. The summed E-state index contributed by atoms with van der Waals surface area (Å²) in [7, 11) is 1.92. The summed E-state index contributed by atoms with van der Waals surface area (Å²) in [4.78, 5) is 30.9. The second kappa shape index (κ2) is 14.1. The largest absolute Gasteiger partial charge is 0.489 e. The lowest BCUT2D eigenvalue weighted by molar-refractivity contribution is -0.133. The fourth-order valence-corrected chi connectivity index (χ4v) is 6.04. The van der Waals surface area contributed by atoms with Crippen LogP contribution in [-0.2, 0) is 16.0 Å². The monoisotopic (exact) mass is 574 g/mol. The zero-order valence-electron chi connectivity index (χ0n) is 25.3. The van der Waals surface area contributed by atoms with E-state index in [2.05, 4.69) is 49.8 Å². The van der Waals surface area contributed by atoms with Crippen molar-refractivity contribution >= 4 is 28.8 Å². The van der Waals surface area contributed by atoms with Gasteiger partial charge >= 0.3 is 0 Å². The number of piperidine rings is 2. The highest BCUT2D eigenvalue weighted by atomic mass is 16.5. The maximum absolute atomic E-state index is 12.0. The predicted octanol–water partition coefficient (Wildman–Crippen LogP) is 5.36. The number of hydrogen-bond acceptors (Lipinski definition) is 7. The van der Waals surface area contributed by atoms with Crippen LogP contribution in [0.1, 0.15) is 82.4 Å². The number of anilines is 2. The van der Waals surface area contributed by atoms with Crippen LogP contribution in [0.3, 0.4) is 0 Å². The van der Waals surface area contributed by atoms with Gasteiger partial charge in [0.15, 0.2) is 0 Å². The molecule has 1 unspecified atom stereocenters. The van der Waals surface area contributed by atoms with Crippen LogP contribution in [0, 0.1) is 0 Å². The summed E-state index contributed by atoms with van der Waals surface area (Å²) >= 11 is 0. The van der Waals surface area contributed by atoms with Crippen LogP contribution in [-0.4, -0.2) is 64.9 Å². The Labute approximate surface area is 249 Å². The lowest BCUT2D eigenvalue weighted by atomic mass is 9.94. The van der Waals surface area contributed by atoms with Crippen LogP contribution in [0.25, 0.3) is 5.65 Å². The molecule has 0 spiro atoms. The number of unbranched alkanes of at least 4 members (excludes halogenated alkanes) is 3. The number of aromatic nitrogens is 2. The Bertz CT molecular complexity index is 1340. The Balaban J connectivity index is 0.979. The molecule has 3 aromatic rings. The minimum atomic E-state index is -0.337. The normalized spacial score (nSPS) is 18.4. The molecule has 226 valence electrons. The molecule has 2 aliphatic heterocycles. The first-order chi connectivity index (χ1) is 20.4. The highest BCUT2D eigenvalue weighted by molar-refractivity contribution is 6.01. The van der Waals surface area contributed by atoms with Crippen LogP contribution in [0.4, 0.5) is 11.4 Å². The van der Waals surface area contributed by atoms with Crippen LogP contribution < -0.4 is 20.7 Å². The van der Waals surface area contributed by atoms with Crippen LogP contribution in [0.15, 0.2) is 42.7 Å². The first-order valence-electron chi connectivity index (χ1n) is 15.7. The van der Waals surface area contributed by atoms with Gasteiger partial charge < -0.3 is 24.7 Å². The summed E-state index contributed by atoms with van der Waals surface area (Å²) in [5.41, 5.74) is 5.36. The zero-order chi connectivity index (χ0) is 29.5. The third-order valence-corrected chi connectivity index (χ3v) is 8.44. The zero-order valence-corrected chi connectivity index (χ0v) is 25.3. The number of hydrogen-bond donors (Lipinski definition) is 3. The number of fused-ring (bicyclic) bond motifs is 1. The van der Waals surface area contributed by atoms with Gasteiger partial charge in [0, 0.05) is 43.5 Å². The van der Waals surface area contributed by atoms with Crippen molar-refractivity contribution in [3.8, 4) is 5.75 Å². The quantitative estimate of drug-likeness (QED) is 0.187. The van der Waals surface area contributed by atoms with Gasteiger partial charge in [-0.2, -0.15) is 0 Å². The molecule has 1 aromatic carbocycles. The summed E-state index contributed by atoms with van der Waals surface area (Å²) in [6.45, 7) is 7.55. The first-order valence-corrected chi connectivity index (χ1v) is 15.7. The minimum Gasteiger partial charge on any atom is -0.489 e. The highest BCUT2D eigenvalue weighted by Gasteiger charge is 2.26. The summed E-state index contributed by atoms with van der Waals surface area (Å²) < 4.78 is 8.11. The molecule has 42 heavy (non-hydrogen) atoms. The predicted molar refractivity (Wildman–Crippen MR) is 167 cm³/mol. The molecule has 2 fully saturated rings. The molecular formula is C33H46N6O3. The van der Waals surface area contributed by atoms with Crippen molar-refractivity contribution < 1.29 is 14.3 Å². The molecule has 2 saturated heterocycles. The third-order valence-electron chi connectivity index (χ3n) is 8.44. The van der Waals surface area contributed by atoms with Gasteiger partial charge in [0.1, 0.15) is 17.4 Å². The fraction of sp³-hybridized carbons (Fsp3) is 0.545. The first kappa shape index (κ1) is 29.9. The molecule has 0 radical (unpaired) electrons. The van der Waals surface area contributed by atoms with Crippen molar-refractivity contribution in [1.29, 1.82) is 0 Å². The molecule has 0 bridgehead atoms. The Morgan fingerprint density at radius 1 is 1.02 bits per heavy atom. The lowest BCUT2D eigenvalue weighted by Gasteiger charge is -2.31. The number of ether oxygens (including phenoxy) is 1. The maximum Gasteiger partial charge on any atom is 0.249 e. The lowest BCUT2D eigenvalue weighted by Crippen LogP contribution is -2.47. The van der Waals surface area contributed by atoms with Crippen molar-refractivity contribution in [2.75, 3.05) is 37.3 Å². The number of benzene rings is 1. The topological polar surface area (TPSA) is 100 Å². The molecular weight excluding hydrogens is 528 g/mol. The fourth-order valence-electron chi connectivity index (χ4n) is 6.04. The van der Waals surface area contributed by atoms with E-state index in [1.165, 1.54) is 43.5 Å². The Kier molecular flexibility index (Phi) is 10.00. The number of carbonyl (C=O) groups excluding carboxylic acids is 2. The van der Waals surface area contributed by atoms with E-state index >= 15 is 0 Å². The van der Waals surface area contributed by atoms with Gasteiger partial charge in [-0.1, -0.05) is 25.0 Å². The van der Waals surface area contributed by atoms with E-state index < -0.39 is 0 Å². The van der Waals surface area contributed by atoms with Gasteiger partial charge in [0.05, 0.1) is 17.5 Å². The van der Waals surface area contributed by atoms with Crippen molar-refractivity contribution in [1.82, 2.24) is 19.6 Å². The molecule has 2 aliphatic rings. The average Bonchev–Trinajstić information content (AvgIpc) is 3.39. The Hall–Kier alpha value is -3.59. The van der Waals surface area contributed by atoms with Gasteiger partial charge in [-0.3, -0.25) is 14.9 Å². The van der Waals surface area contributed by atoms with Gasteiger partial charge in [0.2, 0.25) is 11.8 Å². The minimum absolute atomic E-state index is 0.119. The van der Waals surface area contributed by atoms with E-state index in [0.717, 1.165) is 55.1 Å². The summed E-state index contributed by atoms with van der Waals surface area (Å²) in [5.74, 6) is 0.943. The van der Waals surface area contributed by atoms with Crippen molar-refractivity contribution in [2.24, 2.45) is 0 Å². The number of imidazole rings is 1. The molecule has 9 heteroatoms. The average molecular weight is 575 g/mol. The number of aryl methyl sites for hydroxylation is 1. The van der Waals surface area contributed by atoms with Crippen LogP contribution in [0.2, 0.25) is 0 Å². The van der Waals surface area contributed by atoms with Crippen molar-refractivity contribution in [2.45, 2.75) is 89.7 Å². The van der Waals surface area contributed by atoms with E-state index in [1.807, 2.05) is 39.1 Å². The van der Waals surface area contributed by atoms with Gasteiger partial charge in [-0.15, -0.1) is 0 Å². The van der Waals surface area contributed by atoms with Crippen LogP contribution >= 0.6 is 0 Å². The van der Waals surface area contributed by atoms with Crippen molar-refractivity contribution in [3.05, 3.63) is 54.0 Å². The molecule has 9 nitrogen and oxygen atoms in total. The molecule has 3 N–H and O–H groups in total. The SMILES string of the molecule is CNc1cn2cc(C3CCN(CCCCCCc4ccc(NC5CCC(=O)NC5=O)cc4)CC3)nc2cc1OC(C)C. The molecule has 0 saturated carbocycles. The number of amides is 2. The second-order valence-corrected chi connectivity index (χ2v) is 12.0. The standard InChI is InChI=1S/C33H46N6O3/c1-23(2)42-30-20-31-36-28(21-39(31)22-29(30)34-3)25-15-18-38(19-16-25)17-7-5-4-6-8-24-9-11-26(12-10-24)35-27-13-14-32(40)37-33(27)41/h9-12,20-23,25,27,34-35H,4-8,13-19H2,1-3H3,(H,37,40,41). The molecule has 2 amide bonds. The highest BCUT2D eigenvalue weighted by Crippen LogP contribution is 2.31.